The molecule has 0 amide bonds. The lowest BCUT2D eigenvalue weighted by Gasteiger charge is -2.58. The van der Waals surface area contributed by atoms with E-state index in [1.807, 2.05) is 0 Å². The van der Waals surface area contributed by atoms with Crippen molar-refractivity contribution in [2.45, 2.75) is 88.9 Å². The molecule has 16 atom stereocenters. The smallest absolute Gasteiger partial charge is 0.202 e. The highest BCUT2D eigenvalue weighted by Crippen LogP contribution is 2.74. The normalized spacial score (nSPS) is 50.2. The van der Waals surface area contributed by atoms with Crippen LogP contribution in [0.25, 0.3) is 0 Å². The van der Waals surface area contributed by atoms with Gasteiger partial charge in [0.1, 0.15) is 0 Å². The van der Waals surface area contributed by atoms with E-state index in [0.717, 1.165) is 66.1 Å². The van der Waals surface area contributed by atoms with Gasteiger partial charge in [-0.3, -0.25) is 9.59 Å². The van der Waals surface area contributed by atoms with Crippen molar-refractivity contribution in [1.82, 2.24) is 0 Å². The molecule has 44 heavy (non-hydrogen) atoms. The largest absolute Gasteiger partial charge is 0.291 e. The third-order valence-electron chi connectivity index (χ3n) is 16.1. The molecule has 0 aliphatic heterocycles. The van der Waals surface area contributed by atoms with Gasteiger partial charge in [-0.15, -0.1) is 0 Å². The highest BCUT2D eigenvalue weighted by Gasteiger charge is 2.69. The molecular formula is C42H50O2. The lowest BCUT2D eigenvalue weighted by Crippen LogP contribution is -2.52. The Morgan fingerprint density at radius 1 is 0.386 bits per heavy atom. The number of benzene rings is 2. The molecule has 2 nitrogen and oxygen atoms in total. The second-order valence-corrected chi connectivity index (χ2v) is 17.1. The third-order valence-corrected chi connectivity index (χ3v) is 16.1. The van der Waals surface area contributed by atoms with E-state index in [-0.39, 0.29) is 23.4 Å². The fourth-order valence-electron chi connectivity index (χ4n) is 15.4. The Labute approximate surface area is 264 Å². The average molecular weight is 587 g/mol. The van der Waals surface area contributed by atoms with Crippen LogP contribution in [0.15, 0.2) is 60.7 Å². The molecule has 0 spiro atoms. The van der Waals surface area contributed by atoms with Crippen LogP contribution in [0.1, 0.15) is 100 Å². The van der Waals surface area contributed by atoms with Gasteiger partial charge >= 0.3 is 0 Å². The lowest BCUT2D eigenvalue weighted by atomic mass is 9.46. The first-order valence-corrected chi connectivity index (χ1v) is 18.9. The van der Waals surface area contributed by atoms with Gasteiger partial charge in [0.15, 0.2) is 0 Å². The van der Waals surface area contributed by atoms with Crippen molar-refractivity contribution in [3.8, 4) is 0 Å². The van der Waals surface area contributed by atoms with Crippen LogP contribution < -0.4 is 0 Å². The summed E-state index contributed by atoms with van der Waals surface area (Å²) >= 11 is 0. The zero-order chi connectivity index (χ0) is 29.1. The molecule has 0 bridgehead atoms. The van der Waals surface area contributed by atoms with Crippen LogP contribution in [0, 0.1) is 82.9 Å². The molecule has 8 saturated carbocycles. The predicted molar refractivity (Wildman–Crippen MR) is 173 cm³/mol. The Balaban J connectivity index is 1.12. The van der Waals surface area contributed by atoms with E-state index in [1.165, 1.54) is 64.2 Å². The molecule has 0 N–H and O–H groups in total. The highest BCUT2D eigenvalue weighted by atomic mass is 16.2. The molecule has 0 saturated heterocycles. The summed E-state index contributed by atoms with van der Waals surface area (Å²) in [5, 5.41) is 0. The van der Waals surface area contributed by atoms with Crippen molar-refractivity contribution in [3.63, 3.8) is 0 Å². The molecule has 2 aromatic rings. The van der Waals surface area contributed by atoms with E-state index >= 15 is 0 Å². The monoisotopic (exact) mass is 586 g/mol. The number of hydrogen-bond donors (Lipinski definition) is 0. The van der Waals surface area contributed by atoms with Crippen LogP contribution >= 0.6 is 0 Å². The summed E-state index contributed by atoms with van der Waals surface area (Å²) in [6.07, 6.45) is 15.7. The quantitative estimate of drug-likeness (QED) is 0.329. The second-order valence-electron chi connectivity index (χ2n) is 17.1. The number of fused-ring (bicyclic) bond motifs is 7. The van der Waals surface area contributed by atoms with Gasteiger partial charge in [-0.25, -0.2) is 0 Å². The second kappa shape index (κ2) is 10.1. The van der Waals surface area contributed by atoms with Crippen molar-refractivity contribution in [2.75, 3.05) is 0 Å². The van der Waals surface area contributed by atoms with Gasteiger partial charge in [0, 0.05) is 11.8 Å². The van der Waals surface area contributed by atoms with E-state index in [1.54, 1.807) is 11.1 Å². The van der Waals surface area contributed by atoms with Gasteiger partial charge in [0.05, 0.1) is 0 Å². The van der Waals surface area contributed by atoms with Gasteiger partial charge in [-0.05, 0) is 145 Å². The van der Waals surface area contributed by atoms with E-state index in [2.05, 4.69) is 60.7 Å². The van der Waals surface area contributed by atoms with Crippen molar-refractivity contribution in [1.29, 1.82) is 0 Å². The minimum atomic E-state index is 0.0376. The van der Waals surface area contributed by atoms with E-state index in [9.17, 15) is 9.59 Å². The standard InChI is InChI=1S/C42H50O2/c43-41-30-20-10-18-28-31-21-33-37-27(32(31)22-34(38(28)30)42(41)44)17-9-19-29(37)39-35(23-11-3-1-4-12-23)25-15-7-8-16-26(25)36(40(33)39)24-13-5-2-6-14-24/h1-6,11-14,25-40H,7-10,15-22H2. The minimum Gasteiger partial charge on any atom is -0.291 e. The molecule has 2 heteroatoms. The van der Waals surface area contributed by atoms with Crippen LogP contribution in [-0.4, -0.2) is 11.6 Å². The zero-order valence-corrected chi connectivity index (χ0v) is 26.3. The van der Waals surface area contributed by atoms with Crippen LogP contribution in [0.4, 0.5) is 0 Å². The molecule has 0 heterocycles. The Bertz CT molecular complexity index is 1430. The molecule has 8 fully saturated rings. The van der Waals surface area contributed by atoms with Crippen molar-refractivity contribution >= 4 is 11.6 Å². The Kier molecular flexibility index (Phi) is 6.21. The number of carbonyl (C=O) groups excluding carboxylic acids is 2. The van der Waals surface area contributed by atoms with Gasteiger partial charge in [-0.1, -0.05) is 86.3 Å². The molecule has 8 aliphatic carbocycles. The Morgan fingerprint density at radius 3 is 1.55 bits per heavy atom. The number of rotatable bonds is 2. The van der Waals surface area contributed by atoms with Crippen LogP contribution in [0.2, 0.25) is 0 Å². The summed E-state index contributed by atoms with van der Waals surface area (Å²) in [6.45, 7) is 0. The van der Waals surface area contributed by atoms with E-state index in [4.69, 9.17) is 0 Å². The fourth-order valence-corrected chi connectivity index (χ4v) is 15.4. The first kappa shape index (κ1) is 26.9. The van der Waals surface area contributed by atoms with E-state index < -0.39 is 0 Å². The fraction of sp³-hybridized carbons (Fsp3) is 0.667. The Morgan fingerprint density at radius 2 is 0.886 bits per heavy atom. The van der Waals surface area contributed by atoms with Crippen molar-refractivity contribution in [2.24, 2.45) is 82.9 Å². The molecule has 10 rings (SSSR count). The number of ketones is 2. The van der Waals surface area contributed by atoms with Crippen LogP contribution in [0.5, 0.6) is 0 Å². The summed E-state index contributed by atoms with van der Waals surface area (Å²) in [6, 6.07) is 23.8. The average Bonchev–Trinajstić information content (AvgIpc) is 3.53. The SMILES string of the molecule is O=C1C(=O)C2CC3C(CC4C5C3CCCC5C3C(c5ccccc5)C5CCCCC5C(c5ccccc5)C43)C3CCCC1C23. The molecule has 8 aliphatic rings. The predicted octanol–water partition coefficient (Wildman–Crippen LogP) is 9.11. The van der Waals surface area contributed by atoms with Gasteiger partial charge in [0.2, 0.25) is 11.6 Å². The van der Waals surface area contributed by atoms with Gasteiger partial charge in [-0.2, -0.15) is 0 Å². The highest BCUT2D eigenvalue weighted by molar-refractivity contribution is 6.41. The summed E-state index contributed by atoms with van der Waals surface area (Å²) in [5.74, 6) is 10.5. The molecule has 0 aromatic heterocycles. The molecule has 2 aromatic carbocycles. The number of carbonyl (C=O) groups is 2. The summed E-state index contributed by atoms with van der Waals surface area (Å²) < 4.78 is 0. The summed E-state index contributed by atoms with van der Waals surface area (Å²) in [5.41, 5.74) is 3.30. The minimum absolute atomic E-state index is 0.0376. The third kappa shape index (κ3) is 3.61. The molecule has 230 valence electrons. The van der Waals surface area contributed by atoms with Gasteiger partial charge < -0.3 is 0 Å². The van der Waals surface area contributed by atoms with Gasteiger partial charge in [0.25, 0.3) is 0 Å². The van der Waals surface area contributed by atoms with Crippen molar-refractivity contribution in [3.05, 3.63) is 71.8 Å². The maximum absolute atomic E-state index is 13.5. The Hall–Kier alpha value is -2.22. The molecule has 16 unspecified atom stereocenters. The first-order chi connectivity index (χ1) is 21.7. The number of hydrogen-bond acceptors (Lipinski definition) is 2. The maximum atomic E-state index is 13.5. The lowest BCUT2D eigenvalue weighted by molar-refractivity contribution is -0.138. The van der Waals surface area contributed by atoms with Crippen molar-refractivity contribution < 1.29 is 9.59 Å². The summed E-state index contributed by atoms with van der Waals surface area (Å²) in [7, 11) is 0. The topological polar surface area (TPSA) is 34.1 Å². The maximum Gasteiger partial charge on any atom is 0.202 e. The first-order valence-electron chi connectivity index (χ1n) is 18.9. The molecular weight excluding hydrogens is 536 g/mol. The zero-order valence-electron chi connectivity index (χ0n) is 26.3. The molecule has 0 radical (unpaired) electrons. The number of Topliss-reactive ketones (excluding diaryl/α,β-unsaturated/α-hetero) is 2. The van der Waals surface area contributed by atoms with Crippen LogP contribution in [0.3, 0.4) is 0 Å². The van der Waals surface area contributed by atoms with Crippen LogP contribution in [-0.2, 0) is 9.59 Å². The van der Waals surface area contributed by atoms with E-state index in [0.29, 0.717) is 29.6 Å². The summed E-state index contributed by atoms with van der Waals surface area (Å²) in [4.78, 5) is 26.7.